The van der Waals surface area contributed by atoms with Crippen molar-refractivity contribution in [3.63, 3.8) is 0 Å². The zero-order valence-electron chi connectivity index (χ0n) is 8.71. The van der Waals surface area contributed by atoms with Crippen LogP contribution in [0.1, 0.15) is 0 Å². The van der Waals surface area contributed by atoms with Gasteiger partial charge in [-0.3, -0.25) is 9.83 Å². The summed E-state index contributed by atoms with van der Waals surface area (Å²) < 4.78 is 16.4. The van der Waals surface area contributed by atoms with Crippen molar-refractivity contribution in [2.45, 2.75) is 0 Å². The number of nitrogens with zero attached hydrogens (tertiary/aromatic N) is 1. The molecule has 1 heterocycles. The van der Waals surface area contributed by atoms with Crippen LogP contribution in [0.2, 0.25) is 0 Å². The standard InChI is InChI=1S/C7H7FN2O4S2.Na/c8-5-1-2-6(9-3-5)10-7(11)4-15-16-14-13-12;/h1-3,12H,4H2,(H,9,10,11);/q;+1/p-1. The number of hydrogen-bond acceptors (Lipinski definition) is 7. The predicted octanol–water partition coefficient (Wildman–Crippen LogP) is -2.32. The van der Waals surface area contributed by atoms with Crippen LogP contribution in [0.15, 0.2) is 18.3 Å². The molecule has 0 spiro atoms. The maximum atomic E-state index is 12.5. The fourth-order valence-electron chi connectivity index (χ4n) is 0.737. The van der Waals surface area contributed by atoms with E-state index in [1.807, 2.05) is 0 Å². The SMILES string of the molecule is O=C(CSSOO[O-])Nc1ccc(F)cn1.[Na+]. The first-order valence-corrected chi connectivity index (χ1v) is 6.13. The normalized spacial score (nSPS) is 9.53. The molecule has 0 saturated carbocycles. The average molecular weight is 288 g/mol. The Hall–Kier alpha value is 0.130. The Morgan fingerprint density at radius 2 is 2.35 bits per heavy atom. The van der Waals surface area contributed by atoms with Crippen LogP contribution in [-0.2, 0) is 14.2 Å². The van der Waals surface area contributed by atoms with Gasteiger partial charge in [-0.05, 0) is 12.1 Å². The Labute approximate surface area is 126 Å². The number of amides is 1. The monoisotopic (exact) mass is 288 g/mol. The minimum Gasteiger partial charge on any atom is -0.691 e. The molecule has 0 aliphatic rings. The van der Waals surface area contributed by atoms with E-state index in [2.05, 4.69) is 19.7 Å². The van der Waals surface area contributed by atoms with E-state index in [-0.39, 0.29) is 47.0 Å². The number of anilines is 1. The predicted molar refractivity (Wildman–Crippen MR) is 55.0 cm³/mol. The van der Waals surface area contributed by atoms with E-state index in [1.165, 1.54) is 12.1 Å². The molecular weight excluding hydrogens is 282 g/mol. The van der Waals surface area contributed by atoms with Crippen molar-refractivity contribution in [2.75, 3.05) is 11.1 Å². The van der Waals surface area contributed by atoms with E-state index in [9.17, 15) is 14.4 Å². The van der Waals surface area contributed by atoms with Gasteiger partial charge < -0.3 is 10.6 Å². The summed E-state index contributed by atoms with van der Waals surface area (Å²) in [5, 5.41) is 14.9. The molecular formula is C7H6FN2NaO4S2. The Balaban J connectivity index is 0.00000256. The van der Waals surface area contributed by atoms with Gasteiger partial charge >= 0.3 is 29.6 Å². The van der Waals surface area contributed by atoms with Gasteiger partial charge in [-0.2, -0.15) is 4.33 Å². The van der Waals surface area contributed by atoms with Crippen LogP contribution in [0.3, 0.4) is 0 Å². The Morgan fingerprint density at radius 3 is 2.94 bits per heavy atom. The number of carbonyl (C=O) groups excluding carboxylic acids is 1. The van der Waals surface area contributed by atoms with E-state index < -0.39 is 5.82 Å². The number of nitrogens with one attached hydrogen (secondary N) is 1. The summed E-state index contributed by atoms with van der Waals surface area (Å²) >= 11 is 0.635. The topological polar surface area (TPSA) is 83.5 Å². The van der Waals surface area contributed by atoms with Crippen molar-refractivity contribution >= 4 is 33.6 Å². The molecule has 1 N–H and O–H groups in total. The second kappa shape index (κ2) is 10.1. The summed E-state index contributed by atoms with van der Waals surface area (Å²) in [7, 11) is 0.964. The van der Waals surface area contributed by atoms with Crippen molar-refractivity contribution in [3.05, 3.63) is 24.1 Å². The van der Waals surface area contributed by atoms with Gasteiger partial charge in [0.1, 0.15) is 22.7 Å². The first kappa shape index (κ1) is 17.1. The summed E-state index contributed by atoms with van der Waals surface area (Å²) in [5.41, 5.74) is 0. The maximum absolute atomic E-state index is 12.5. The number of aromatic nitrogens is 1. The van der Waals surface area contributed by atoms with Gasteiger partial charge in [0.2, 0.25) is 5.91 Å². The van der Waals surface area contributed by atoms with Gasteiger partial charge in [0.25, 0.3) is 0 Å². The van der Waals surface area contributed by atoms with Crippen LogP contribution >= 0.6 is 21.9 Å². The molecule has 0 aromatic carbocycles. The van der Waals surface area contributed by atoms with Crippen LogP contribution in [0.5, 0.6) is 0 Å². The fraction of sp³-hybridized carbons (Fsp3) is 0.143. The first-order valence-electron chi connectivity index (χ1n) is 3.88. The quantitative estimate of drug-likeness (QED) is 0.157. The molecule has 17 heavy (non-hydrogen) atoms. The molecule has 1 aromatic rings. The van der Waals surface area contributed by atoms with Crippen LogP contribution in [-0.4, -0.2) is 16.6 Å². The van der Waals surface area contributed by atoms with Crippen LogP contribution in [0, 0.1) is 5.82 Å². The molecule has 0 saturated heterocycles. The second-order valence-corrected chi connectivity index (χ2v) is 4.29. The van der Waals surface area contributed by atoms with Crippen molar-refractivity contribution in [2.24, 2.45) is 0 Å². The van der Waals surface area contributed by atoms with Crippen molar-refractivity contribution in [1.29, 1.82) is 0 Å². The van der Waals surface area contributed by atoms with Gasteiger partial charge in [0.05, 0.1) is 11.9 Å². The Kier molecular flexibility index (Phi) is 10.2. The Bertz CT molecular complexity index is 343. The minimum atomic E-state index is -0.482. The molecule has 0 unspecified atom stereocenters. The minimum absolute atomic E-state index is 0. The molecule has 0 bridgehead atoms. The summed E-state index contributed by atoms with van der Waals surface area (Å²) in [5.74, 6) is -0.555. The molecule has 0 aliphatic heterocycles. The fourth-order valence-corrected chi connectivity index (χ4v) is 1.68. The molecule has 0 fully saturated rings. The summed E-state index contributed by atoms with van der Waals surface area (Å²) in [4.78, 5) is 14.8. The number of halogens is 1. The summed E-state index contributed by atoms with van der Waals surface area (Å²) in [6, 6.07) is 2.52. The van der Waals surface area contributed by atoms with Crippen molar-refractivity contribution in [1.82, 2.24) is 4.98 Å². The molecule has 0 radical (unpaired) electrons. The van der Waals surface area contributed by atoms with E-state index >= 15 is 0 Å². The van der Waals surface area contributed by atoms with Crippen molar-refractivity contribution in [3.8, 4) is 0 Å². The number of carbonyl (C=O) groups is 1. The second-order valence-electron chi connectivity index (χ2n) is 2.38. The summed E-state index contributed by atoms with van der Waals surface area (Å²) in [6.45, 7) is 0. The van der Waals surface area contributed by atoms with Crippen LogP contribution in [0.4, 0.5) is 10.2 Å². The zero-order chi connectivity index (χ0) is 11.8. The third-order valence-corrected chi connectivity index (χ3v) is 2.68. The van der Waals surface area contributed by atoms with Gasteiger partial charge in [-0.15, -0.1) is 0 Å². The van der Waals surface area contributed by atoms with E-state index in [1.54, 1.807) is 0 Å². The molecule has 0 atom stereocenters. The Morgan fingerprint density at radius 1 is 1.59 bits per heavy atom. The molecule has 1 aromatic heterocycles. The van der Waals surface area contributed by atoms with Crippen LogP contribution in [0.25, 0.3) is 0 Å². The van der Waals surface area contributed by atoms with Gasteiger partial charge in [0, 0.05) is 0 Å². The molecule has 6 nitrogen and oxygen atoms in total. The number of rotatable bonds is 6. The molecule has 0 aliphatic carbocycles. The van der Waals surface area contributed by atoms with Gasteiger partial charge in [-0.1, -0.05) is 10.8 Å². The third-order valence-electron chi connectivity index (χ3n) is 1.29. The molecule has 1 rings (SSSR count). The van der Waals surface area contributed by atoms with Crippen LogP contribution < -0.4 is 40.1 Å². The molecule has 10 heteroatoms. The average Bonchev–Trinajstić information content (AvgIpc) is 2.28. The zero-order valence-corrected chi connectivity index (χ0v) is 12.3. The van der Waals surface area contributed by atoms with Gasteiger partial charge in [-0.25, -0.2) is 9.37 Å². The smallest absolute Gasteiger partial charge is 0.691 e. The van der Waals surface area contributed by atoms with E-state index in [0.717, 1.165) is 17.0 Å². The summed E-state index contributed by atoms with van der Waals surface area (Å²) in [6.07, 6.45) is 0.992. The van der Waals surface area contributed by atoms with E-state index in [4.69, 9.17) is 0 Å². The van der Waals surface area contributed by atoms with Gasteiger partial charge in [0.15, 0.2) is 0 Å². The first-order chi connectivity index (χ1) is 7.72. The largest absolute Gasteiger partial charge is 1.00 e. The number of pyridine rings is 1. The maximum Gasteiger partial charge on any atom is 1.00 e. The number of hydrogen-bond donors (Lipinski definition) is 1. The van der Waals surface area contributed by atoms with E-state index in [0.29, 0.717) is 11.1 Å². The molecule has 88 valence electrons. The molecule has 1 amide bonds. The third kappa shape index (κ3) is 7.95. The van der Waals surface area contributed by atoms with Crippen molar-refractivity contribution < 1.29 is 53.4 Å².